The molecule has 1 aromatic heterocycles. The molecule has 7 heteroatoms. The smallest absolute Gasteiger partial charge is 0.259 e. The molecule has 0 aromatic carbocycles. The summed E-state index contributed by atoms with van der Waals surface area (Å²) in [4.78, 5) is 41.8. The molecule has 0 saturated carbocycles. The molecule has 0 aliphatic carbocycles. The van der Waals surface area contributed by atoms with Crippen molar-refractivity contribution in [2.24, 2.45) is 0 Å². The van der Waals surface area contributed by atoms with E-state index in [1.807, 2.05) is 11.8 Å². The number of piperazine rings is 1. The molecule has 1 aliphatic rings. The number of likely N-dealkylation sites (N-methyl/N-ethyl adjacent to an activating group) is 1. The van der Waals surface area contributed by atoms with Crippen LogP contribution in [-0.2, 0) is 4.79 Å². The monoisotopic (exact) mass is 292 g/mol. The Morgan fingerprint density at radius 3 is 2.62 bits per heavy atom. The van der Waals surface area contributed by atoms with E-state index in [0.29, 0.717) is 39.3 Å². The number of hydrogen-bond acceptors (Lipinski definition) is 4. The molecule has 0 atom stereocenters. The van der Waals surface area contributed by atoms with Gasteiger partial charge in [-0.3, -0.25) is 19.3 Å². The van der Waals surface area contributed by atoms with Crippen LogP contribution in [0.4, 0.5) is 0 Å². The number of nitrogens with one attached hydrogen (secondary N) is 2. The van der Waals surface area contributed by atoms with Crippen molar-refractivity contribution in [3.05, 3.63) is 34.2 Å². The van der Waals surface area contributed by atoms with Crippen molar-refractivity contribution in [3.8, 4) is 0 Å². The van der Waals surface area contributed by atoms with E-state index in [1.165, 1.54) is 18.5 Å². The lowest BCUT2D eigenvalue weighted by molar-refractivity contribution is -0.122. The lowest BCUT2D eigenvalue weighted by Crippen LogP contribution is -2.51. The van der Waals surface area contributed by atoms with E-state index < -0.39 is 0 Å². The van der Waals surface area contributed by atoms with E-state index in [1.54, 1.807) is 4.90 Å². The maximum atomic E-state index is 12.3. The zero-order chi connectivity index (χ0) is 15.2. The van der Waals surface area contributed by atoms with Crippen LogP contribution in [0.5, 0.6) is 0 Å². The zero-order valence-corrected chi connectivity index (χ0v) is 12.1. The van der Waals surface area contributed by atoms with E-state index >= 15 is 0 Å². The summed E-state index contributed by atoms with van der Waals surface area (Å²) < 4.78 is 0. The van der Waals surface area contributed by atoms with Crippen LogP contribution in [0, 0.1) is 0 Å². The first kappa shape index (κ1) is 15.2. The van der Waals surface area contributed by atoms with Gasteiger partial charge in [-0.25, -0.2) is 0 Å². The Bertz CT molecular complexity index is 561. The van der Waals surface area contributed by atoms with Crippen LogP contribution >= 0.6 is 0 Å². The molecule has 1 saturated heterocycles. The molecule has 2 rings (SSSR count). The molecule has 2 amide bonds. The molecular weight excluding hydrogens is 272 g/mol. The van der Waals surface area contributed by atoms with Crippen molar-refractivity contribution in [1.29, 1.82) is 0 Å². The standard InChI is InChI=1S/C14H20N4O3/c1-2-16-13(20)10-17-5-7-18(8-6-17)14(21)11-9-15-4-3-12(11)19/h3-4,9H,2,5-8,10H2,1H3,(H,15,19)(H,16,20). The Hall–Kier alpha value is -2.15. The summed E-state index contributed by atoms with van der Waals surface area (Å²) in [6, 6.07) is 1.35. The SMILES string of the molecule is CCNC(=O)CN1CCN(C(=O)c2c[nH]ccc2=O)CC1. The van der Waals surface area contributed by atoms with Gasteiger partial charge in [0.05, 0.1) is 6.54 Å². The molecule has 114 valence electrons. The maximum absolute atomic E-state index is 12.3. The van der Waals surface area contributed by atoms with Crippen molar-refractivity contribution < 1.29 is 9.59 Å². The van der Waals surface area contributed by atoms with E-state index in [2.05, 4.69) is 10.3 Å². The predicted octanol–water partition coefficient (Wildman–Crippen LogP) is -0.731. The number of carbonyl (C=O) groups excluding carboxylic acids is 2. The highest BCUT2D eigenvalue weighted by molar-refractivity contribution is 5.93. The van der Waals surface area contributed by atoms with Crippen molar-refractivity contribution in [3.63, 3.8) is 0 Å². The van der Waals surface area contributed by atoms with E-state index in [9.17, 15) is 14.4 Å². The fourth-order valence-corrected chi connectivity index (χ4v) is 2.32. The molecule has 1 aromatic rings. The van der Waals surface area contributed by atoms with Gasteiger partial charge in [0.1, 0.15) is 5.56 Å². The van der Waals surface area contributed by atoms with Gasteiger partial charge in [0, 0.05) is 51.2 Å². The minimum Gasteiger partial charge on any atom is -0.367 e. The lowest BCUT2D eigenvalue weighted by Gasteiger charge is -2.34. The van der Waals surface area contributed by atoms with Crippen LogP contribution in [0.2, 0.25) is 0 Å². The molecule has 21 heavy (non-hydrogen) atoms. The van der Waals surface area contributed by atoms with Gasteiger partial charge in [0.2, 0.25) is 5.91 Å². The first-order valence-electron chi connectivity index (χ1n) is 7.07. The minimum atomic E-state index is -0.275. The largest absolute Gasteiger partial charge is 0.367 e. The summed E-state index contributed by atoms with van der Waals surface area (Å²) in [7, 11) is 0. The summed E-state index contributed by atoms with van der Waals surface area (Å²) >= 11 is 0. The molecule has 0 unspecified atom stereocenters. The molecular formula is C14H20N4O3. The van der Waals surface area contributed by atoms with E-state index in [4.69, 9.17) is 0 Å². The van der Waals surface area contributed by atoms with Crippen LogP contribution < -0.4 is 10.7 Å². The second-order valence-electron chi connectivity index (χ2n) is 4.94. The number of nitrogens with zero attached hydrogens (tertiary/aromatic N) is 2. The molecule has 1 aliphatic heterocycles. The third-order valence-electron chi connectivity index (χ3n) is 3.46. The summed E-state index contributed by atoms with van der Waals surface area (Å²) in [5.41, 5.74) is -0.113. The Kier molecular flexibility index (Phi) is 5.10. The Morgan fingerprint density at radius 2 is 2.00 bits per heavy atom. The Morgan fingerprint density at radius 1 is 1.29 bits per heavy atom. The van der Waals surface area contributed by atoms with Gasteiger partial charge in [-0.1, -0.05) is 0 Å². The van der Waals surface area contributed by atoms with Gasteiger partial charge in [0.25, 0.3) is 5.91 Å². The predicted molar refractivity (Wildman–Crippen MR) is 78.1 cm³/mol. The lowest BCUT2D eigenvalue weighted by atomic mass is 10.2. The second kappa shape index (κ2) is 7.03. The number of carbonyl (C=O) groups is 2. The molecule has 0 bridgehead atoms. The van der Waals surface area contributed by atoms with Crippen LogP contribution in [0.15, 0.2) is 23.3 Å². The number of hydrogen-bond donors (Lipinski definition) is 2. The number of H-pyrrole nitrogens is 1. The summed E-state index contributed by atoms with van der Waals surface area (Å²) in [5.74, 6) is -0.258. The maximum Gasteiger partial charge on any atom is 0.259 e. The highest BCUT2D eigenvalue weighted by atomic mass is 16.2. The van der Waals surface area contributed by atoms with Crippen molar-refractivity contribution in [2.45, 2.75) is 6.92 Å². The number of amides is 2. The molecule has 0 radical (unpaired) electrons. The average Bonchev–Trinajstić information content (AvgIpc) is 2.48. The third-order valence-corrected chi connectivity index (χ3v) is 3.46. The normalized spacial score (nSPS) is 15.8. The Labute approximate surface area is 122 Å². The van der Waals surface area contributed by atoms with Crippen LogP contribution in [0.25, 0.3) is 0 Å². The summed E-state index contributed by atoms with van der Waals surface area (Å²) in [6.07, 6.45) is 2.94. The first-order valence-corrected chi connectivity index (χ1v) is 7.07. The van der Waals surface area contributed by atoms with Gasteiger partial charge < -0.3 is 15.2 Å². The average molecular weight is 292 g/mol. The second-order valence-corrected chi connectivity index (χ2v) is 4.94. The minimum absolute atomic E-state index is 0.00298. The van der Waals surface area contributed by atoms with Crippen LogP contribution in [-0.4, -0.2) is 65.9 Å². The molecule has 2 heterocycles. The summed E-state index contributed by atoms with van der Waals surface area (Å²) in [6.45, 7) is 5.15. The fraction of sp³-hybridized carbons (Fsp3) is 0.500. The molecule has 0 spiro atoms. The molecule has 1 fully saturated rings. The number of pyridine rings is 1. The van der Waals surface area contributed by atoms with Crippen LogP contribution in [0.3, 0.4) is 0 Å². The number of aromatic amines is 1. The van der Waals surface area contributed by atoms with Crippen LogP contribution in [0.1, 0.15) is 17.3 Å². The number of rotatable bonds is 4. The van der Waals surface area contributed by atoms with E-state index in [0.717, 1.165) is 0 Å². The third kappa shape index (κ3) is 3.91. The van der Waals surface area contributed by atoms with Gasteiger partial charge in [-0.15, -0.1) is 0 Å². The van der Waals surface area contributed by atoms with Gasteiger partial charge in [-0.05, 0) is 6.92 Å². The fourth-order valence-electron chi connectivity index (χ4n) is 2.32. The number of aromatic nitrogens is 1. The van der Waals surface area contributed by atoms with Crippen molar-refractivity contribution in [2.75, 3.05) is 39.3 Å². The molecule has 7 nitrogen and oxygen atoms in total. The highest BCUT2D eigenvalue weighted by Gasteiger charge is 2.24. The zero-order valence-electron chi connectivity index (χ0n) is 12.1. The van der Waals surface area contributed by atoms with Gasteiger partial charge in [-0.2, -0.15) is 0 Å². The van der Waals surface area contributed by atoms with Crippen molar-refractivity contribution >= 4 is 11.8 Å². The van der Waals surface area contributed by atoms with Crippen molar-refractivity contribution in [1.82, 2.24) is 20.1 Å². The quantitative estimate of drug-likeness (QED) is 0.766. The van der Waals surface area contributed by atoms with Gasteiger partial charge in [0.15, 0.2) is 5.43 Å². The Balaban J connectivity index is 1.89. The summed E-state index contributed by atoms with van der Waals surface area (Å²) in [5, 5.41) is 2.75. The topological polar surface area (TPSA) is 85.5 Å². The van der Waals surface area contributed by atoms with E-state index in [-0.39, 0.29) is 22.8 Å². The molecule has 2 N–H and O–H groups in total. The van der Waals surface area contributed by atoms with Gasteiger partial charge >= 0.3 is 0 Å². The first-order chi connectivity index (χ1) is 10.1. The highest BCUT2D eigenvalue weighted by Crippen LogP contribution is 2.05.